The number of nitro benzene ring substituents is 1. The Kier molecular flexibility index (Phi) is 4.62. The average Bonchev–Trinajstić information content (AvgIpc) is 3.11. The zero-order valence-electron chi connectivity index (χ0n) is 12.4. The molecule has 0 amide bonds. The number of rotatable bonds is 5. The molecule has 0 atom stereocenters. The van der Waals surface area contributed by atoms with E-state index < -0.39 is 10.9 Å². The summed E-state index contributed by atoms with van der Waals surface area (Å²) in [6.45, 7) is -0.0429. The van der Waals surface area contributed by atoms with E-state index in [1.165, 1.54) is 23.5 Å². The van der Waals surface area contributed by atoms with E-state index in [1.807, 2.05) is 30.3 Å². The van der Waals surface area contributed by atoms with Crippen LogP contribution in [0, 0.1) is 10.1 Å². The summed E-state index contributed by atoms with van der Waals surface area (Å²) in [7, 11) is 0. The first kappa shape index (κ1) is 15.8. The highest BCUT2D eigenvalue weighted by Crippen LogP contribution is 2.23. The molecule has 0 fully saturated rings. The van der Waals surface area contributed by atoms with Gasteiger partial charge in [-0.25, -0.2) is 9.78 Å². The zero-order chi connectivity index (χ0) is 16.9. The quantitative estimate of drug-likeness (QED) is 0.397. The molecule has 120 valence electrons. The summed E-state index contributed by atoms with van der Waals surface area (Å²) in [5.74, 6) is -0.556. The number of hydrogen-bond acceptors (Lipinski definition) is 6. The van der Waals surface area contributed by atoms with Crippen molar-refractivity contribution < 1.29 is 14.5 Å². The van der Waals surface area contributed by atoms with Gasteiger partial charge in [-0.3, -0.25) is 10.1 Å². The smallest absolute Gasteiger partial charge is 0.358 e. The van der Waals surface area contributed by atoms with E-state index in [4.69, 9.17) is 4.74 Å². The van der Waals surface area contributed by atoms with Gasteiger partial charge < -0.3 is 4.74 Å². The van der Waals surface area contributed by atoms with Crippen molar-refractivity contribution in [2.75, 3.05) is 0 Å². The summed E-state index contributed by atoms with van der Waals surface area (Å²) in [4.78, 5) is 26.6. The van der Waals surface area contributed by atoms with Gasteiger partial charge in [-0.15, -0.1) is 11.3 Å². The minimum Gasteiger partial charge on any atom is -0.456 e. The van der Waals surface area contributed by atoms with Crippen LogP contribution in [0.2, 0.25) is 0 Å². The molecule has 0 N–H and O–H groups in total. The minimum atomic E-state index is -0.556. The Morgan fingerprint density at radius 1 is 1.17 bits per heavy atom. The monoisotopic (exact) mass is 340 g/mol. The molecule has 1 aromatic heterocycles. The largest absolute Gasteiger partial charge is 0.456 e. The maximum atomic E-state index is 12.1. The predicted molar refractivity (Wildman–Crippen MR) is 89.8 cm³/mol. The normalized spacial score (nSPS) is 10.3. The first-order chi connectivity index (χ1) is 11.6. The van der Waals surface area contributed by atoms with Crippen LogP contribution in [-0.4, -0.2) is 15.9 Å². The lowest BCUT2D eigenvalue weighted by Crippen LogP contribution is -2.05. The lowest BCUT2D eigenvalue weighted by atomic mass is 10.2. The van der Waals surface area contributed by atoms with Gasteiger partial charge >= 0.3 is 5.97 Å². The molecule has 0 aliphatic rings. The van der Waals surface area contributed by atoms with E-state index in [0.29, 0.717) is 5.56 Å². The zero-order valence-corrected chi connectivity index (χ0v) is 13.2. The van der Waals surface area contributed by atoms with Gasteiger partial charge in [0.05, 0.1) is 4.92 Å². The van der Waals surface area contributed by atoms with Gasteiger partial charge in [0, 0.05) is 23.1 Å². The standard InChI is InChI=1S/C17H12N2O4S/c20-17(23-10-12-5-4-8-14(9-12)19(21)22)15-11-24-16(18-15)13-6-2-1-3-7-13/h1-9,11H,10H2. The third-order valence-corrected chi connectivity index (χ3v) is 4.12. The van der Waals surface area contributed by atoms with Crippen molar-refractivity contribution in [3.63, 3.8) is 0 Å². The van der Waals surface area contributed by atoms with Crippen molar-refractivity contribution in [1.82, 2.24) is 4.98 Å². The Labute approximate surface area is 141 Å². The van der Waals surface area contributed by atoms with Crippen LogP contribution >= 0.6 is 11.3 Å². The fourth-order valence-electron chi connectivity index (χ4n) is 2.06. The molecule has 7 heteroatoms. The number of carbonyl (C=O) groups excluding carboxylic acids is 1. The maximum Gasteiger partial charge on any atom is 0.358 e. The number of non-ortho nitro benzene ring substituents is 1. The molecule has 0 unspecified atom stereocenters. The molecule has 6 nitrogen and oxygen atoms in total. The van der Waals surface area contributed by atoms with Gasteiger partial charge in [0.15, 0.2) is 5.69 Å². The molecule has 2 aromatic carbocycles. The second kappa shape index (κ2) is 7.01. The first-order valence-corrected chi connectivity index (χ1v) is 7.93. The molecule has 0 aliphatic carbocycles. The number of benzene rings is 2. The molecule has 0 saturated carbocycles. The third kappa shape index (κ3) is 3.64. The minimum absolute atomic E-state index is 0.0384. The second-order valence-corrected chi connectivity index (χ2v) is 5.77. The molecule has 0 aliphatic heterocycles. The molecule has 3 rings (SSSR count). The number of hydrogen-bond donors (Lipinski definition) is 0. The van der Waals surface area contributed by atoms with E-state index in [1.54, 1.807) is 17.5 Å². The predicted octanol–water partition coefficient (Wildman–Crippen LogP) is 4.08. The van der Waals surface area contributed by atoms with Crippen molar-refractivity contribution in [2.24, 2.45) is 0 Å². The molecule has 24 heavy (non-hydrogen) atoms. The van der Waals surface area contributed by atoms with E-state index in [9.17, 15) is 14.9 Å². The van der Waals surface area contributed by atoms with Crippen LogP contribution in [0.4, 0.5) is 5.69 Å². The molecule has 1 heterocycles. The molecular weight excluding hydrogens is 328 g/mol. The topological polar surface area (TPSA) is 82.3 Å². The van der Waals surface area contributed by atoms with Gasteiger partial charge in [0.25, 0.3) is 5.69 Å². The van der Waals surface area contributed by atoms with Crippen LogP contribution in [0.25, 0.3) is 10.6 Å². The van der Waals surface area contributed by atoms with E-state index in [-0.39, 0.29) is 18.0 Å². The number of aromatic nitrogens is 1. The number of carbonyl (C=O) groups is 1. The summed E-state index contributed by atoms with van der Waals surface area (Å²) in [5.41, 5.74) is 1.67. The van der Waals surface area contributed by atoms with Gasteiger partial charge in [-0.1, -0.05) is 42.5 Å². The van der Waals surface area contributed by atoms with E-state index >= 15 is 0 Å². The summed E-state index contributed by atoms with van der Waals surface area (Å²) < 4.78 is 5.18. The summed E-state index contributed by atoms with van der Waals surface area (Å²) in [5, 5.41) is 13.1. The summed E-state index contributed by atoms with van der Waals surface area (Å²) >= 11 is 1.36. The lowest BCUT2D eigenvalue weighted by molar-refractivity contribution is -0.384. The van der Waals surface area contributed by atoms with Gasteiger partial charge in [-0.2, -0.15) is 0 Å². The number of nitro groups is 1. The molecule has 0 spiro atoms. The Morgan fingerprint density at radius 2 is 1.96 bits per heavy atom. The lowest BCUT2D eigenvalue weighted by Gasteiger charge is -2.03. The Hall–Kier alpha value is -3.06. The van der Waals surface area contributed by atoms with Crippen LogP contribution in [0.5, 0.6) is 0 Å². The SMILES string of the molecule is O=C(OCc1cccc([N+](=O)[O-])c1)c1csc(-c2ccccc2)n1. The molecule has 0 bridgehead atoms. The van der Waals surface area contributed by atoms with Crippen LogP contribution in [0.3, 0.4) is 0 Å². The van der Waals surface area contributed by atoms with Crippen LogP contribution in [0.1, 0.15) is 16.1 Å². The number of ether oxygens (including phenoxy) is 1. The van der Waals surface area contributed by atoms with Crippen molar-refractivity contribution in [1.29, 1.82) is 0 Å². The van der Waals surface area contributed by atoms with E-state index in [2.05, 4.69) is 4.98 Å². The summed E-state index contributed by atoms with van der Waals surface area (Å²) in [6, 6.07) is 15.5. The maximum absolute atomic E-state index is 12.1. The van der Waals surface area contributed by atoms with Crippen molar-refractivity contribution >= 4 is 23.0 Å². The van der Waals surface area contributed by atoms with E-state index in [0.717, 1.165) is 10.6 Å². The van der Waals surface area contributed by atoms with Crippen molar-refractivity contribution in [3.05, 3.63) is 81.3 Å². The first-order valence-electron chi connectivity index (χ1n) is 7.05. The van der Waals surface area contributed by atoms with Crippen LogP contribution in [0.15, 0.2) is 60.0 Å². The Morgan fingerprint density at radius 3 is 2.71 bits per heavy atom. The second-order valence-electron chi connectivity index (χ2n) is 4.91. The molecular formula is C17H12N2O4S. The number of nitrogens with zero attached hydrogens (tertiary/aromatic N) is 2. The van der Waals surface area contributed by atoms with Crippen LogP contribution in [-0.2, 0) is 11.3 Å². The third-order valence-electron chi connectivity index (χ3n) is 3.23. The highest BCUT2D eigenvalue weighted by molar-refractivity contribution is 7.13. The average molecular weight is 340 g/mol. The van der Waals surface area contributed by atoms with Gasteiger partial charge in [0.2, 0.25) is 0 Å². The highest BCUT2D eigenvalue weighted by Gasteiger charge is 2.14. The number of thiazole rings is 1. The van der Waals surface area contributed by atoms with Gasteiger partial charge in [0.1, 0.15) is 11.6 Å². The molecule has 3 aromatic rings. The highest BCUT2D eigenvalue weighted by atomic mass is 32.1. The fraction of sp³-hybridized carbons (Fsp3) is 0.0588. The Bertz CT molecular complexity index is 877. The fourth-order valence-corrected chi connectivity index (χ4v) is 2.86. The van der Waals surface area contributed by atoms with Crippen molar-refractivity contribution in [2.45, 2.75) is 6.61 Å². The van der Waals surface area contributed by atoms with Crippen molar-refractivity contribution in [3.8, 4) is 10.6 Å². The molecule has 0 radical (unpaired) electrons. The molecule has 0 saturated heterocycles. The number of esters is 1. The van der Waals surface area contributed by atoms with Crippen LogP contribution < -0.4 is 0 Å². The van der Waals surface area contributed by atoms with Gasteiger partial charge in [-0.05, 0) is 5.56 Å². The Balaban J connectivity index is 1.67. The summed E-state index contributed by atoms with van der Waals surface area (Å²) in [6.07, 6.45) is 0.